The van der Waals surface area contributed by atoms with Crippen LogP contribution in [0.2, 0.25) is 0 Å². The van der Waals surface area contributed by atoms with Crippen LogP contribution in [0.15, 0.2) is 16.6 Å². The summed E-state index contributed by atoms with van der Waals surface area (Å²) < 4.78 is 13.8. The van der Waals surface area contributed by atoms with Crippen molar-refractivity contribution >= 4 is 32.6 Å². The number of hydrogen-bond donors (Lipinski definition) is 1. The minimum Gasteiger partial charge on any atom is -0.351 e. The summed E-state index contributed by atoms with van der Waals surface area (Å²) in [5, 5.41) is 0.743. The second-order valence-electron chi connectivity index (χ2n) is 3.49. The van der Waals surface area contributed by atoms with E-state index in [1.165, 1.54) is 19.1 Å². The Kier molecular flexibility index (Phi) is 2.38. The molecule has 0 bridgehead atoms. The quantitative estimate of drug-likeness (QED) is 0.789. The van der Waals surface area contributed by atoms with Gasteiger partial charge in [0.15, 0.2) is 5.78 Å². The van der Waals surface area contributed by atoms with Gasteiger partial charge in [0.2, 0.25) is 0 Å². The molecule has 1 heterocycles. The van der Waals surface area contributed by atoms with Crippen LogP contribution in [0.4, 0.5) is 4.39 Å². The fourth-order valence-corrected chi connectivity index (χ4v) is 2.23. The minimum absolute atomic E-state index is 0.0454. The molecule has 0 amide bonds. The van der Waals surface area contributed by atoms with E-state index in [4.69, 9.17) is 0 Å². The average Bonchev–Trinajstić information content (AvgIpc) is 2.44. The molecule has 0 saturated heterocycles. The van der Waals surface area contributed by atoms with Gasteiger partial charge < -0.3 is 4.98 Å². The van der Waals surface area contributed by atoms with Crippen molar-refractivity contribution in [2.45, 2.75) is 13.8 Å². The van der Waals surface area contributed by atoms with Crippen LogP contribution in [0.5, 0.6) is 0 Å². The van der Waals surface area contributed by atoms with Crippen LogP contribution < -0.4 is 0 Å². The number of carbonyl (C=O) groups excluding carboxylic acids is 1. The van der Waals surface area contributed by atoms with Gasteiger partial charge in [0, 0.05) is 16.8 Å². The van der Waals surface area contributed by atoms with E-state index in [2.05, 4.69) is 20.9 Å². The summed E-state index contributed by atoms with van der Waals surface area (Å²) in [6.45, 7) is 3.30. The van der Waals surface area contributed by atoms with Crippen molar-refractivity contribution < 1.29 is 9.18 Å². The number of Topliss-reactive ketones (excluding diaryl/α,β-unsaturated/α-hetero) is 1. The van der Waals surface area contributed by atoms with Crippen molar-refractivity contribution in [1.82, 2.24) is 4.98 Å². The number of aromatic nitrogens is 1. The van der Waals surface area contributed by atoms with Gasteiger partial charge in [-0.25, -0.2) is 4.39 Å². The van der Waals surface area contributed by atoms with Crippen LogP contribution in [0.25, 0.3) is 10.9 Å². The maximum Gasteiger partial charge on any atom is 0.176 e. The van der Waals surface area contributed by atoms with Gasteiger partial charge in [-0.1, -0.05) is 0 Å². The van der Waals surface area contributed by atoms with Gasteiger partial charge in [-0.15, -0.1) is 0 Å². The highest BCUT2D eigenvalue weighted by Crippen LogP contribution is 2.29. The monoisotopic (exact) mass is 269 g/mol. The fourth-order valence-electron chi connectivity index (χ4n) is 1.70. The maximum absolute atomic E-state index is 13.2. The Morgan fingerprint density at radius 1 is 1.47 bits per heavy atom. The number of H-pyrrole nitrogens is 1. The summed E-state index contributed by atoms with van der Waals surface area (Å²) in [6.07, 6.45) is 0. The van der Waals surface area contributed by atoms with Crippen LogP contribution in [-0.2, 0) is 0 Å². The van der Waals surface area contributed by atoms with Crippen LogP contribution in [0.1, 0.15) is 23.0 Å². The molecule has 2 aromatic rings. The van der Waals surface area contributed by atoms with Crippen LogP contribution in [0.3, 0.4) is 0 Å². The normalized spacial score (nSPS) is 10.9. The molecule has 0 fully saturated rings. The van der Waals surface area contributed by atoms with Crippen molar-refractivity contribution in [2.24, 2.45) is 0 Å². The standard InChI is InChI=1S/C11H9BrFNO/c1-5-8-3-7(13)4-9(12)11(8)14-10(5)6(2)15/h3-4,14H,1-2H3. The molecule has 2 rings (SSSR count). The summed E-state index contributed by atoms with van der Waals surface area (Å²) in [5.74, 6) is -0.359. The Balaban J connectivity index is 2.88. The highest BCUT2D eigenvalue weighted by Gasteiger charge is 2.13. The van der Waals surface area contributed by atoms with Gasteiger partial charge in [0.05, 0.1) is 11.2 Å². The number of aryl methyl sites for hydroxylation is 1. The first-order valence-electron chi connectivity index (χ1n) is 4.49. The first-order chi connectivity index (χ1) is 7.00. The molecule has 0 unspecified atom stereocenters. The third-order valence-electron chi connectivity index (χ3n) is 2.44. The Hall–Kier alpha value is -1.16. The van der Waals surface area contributed by atoms with Crippen molar-refractivity contribution in [3.63, 3.8) is 0 Å². The average molecular weight is 270 g/mol. The van der Waals surface area contributed by atoms with Crippen molar-refractivity contribution in [3.8, 4) is 0 Å². The third kappa shape index (κ3) is 1.59. The van der Waals surface area contributed by atoms with Gasteiger partial charge in [-0.05, 0) is 40.5 Å². The molecule has 0 aliphatic carbocycles. The molecular weight excluding hydrogens is 261 g/mol. The molecular formula is C11H9BrFNO. The lowest BCUT2D eigenvalue weighted by atomic mass is 10.1. The van der Waals surface area contributed by atoms with Crippen LogP contribution >= 0.6 is 15.9 Å². The molecule has 0 aliphatic rings. The predicted molar refractivity (Wildman–Crippen MR) is 60.7 cm³/mol. The molecule has 4 heteroatoms. The number of hydrogen-bond acceptors (Lipinski definition) is 1. The highest BCUT2D eigenvalue weighted by molar-refractivity contribution is 9.10. The van der Waals surface area contributed by atoms with E-state index in [0.29, 0.717) is 10.2 Å². The molecule has 0 aliphatic heterocycles. The fraction of sp³-hybridized carbons (Fsp3) is 0.182. The Morgan fingerprint density at radius 3 is 2.73 bits per heavy atom. The first kappa shape index (κ1) is 10.4. The van der Waals surface area contributed by atoms with Gasteiger partial charge in [-0.2, -0.15) is 0 Å². The maximum atomic E-state index is 13.2. The number of benzene rings is 1. The molecule has 2 nitrogen and oxygen atoms in total. The summed E-state index contributed by atoms with van der Waals surface area (Å²) in [6, 6.07) is 2.81. The molecule has 1 aromatic carbocycles. The molecule has 0 saturated carbocycles. The number of rotatable bonds is 1. The van der Waals surface area contributed by atoms with Crippen LogP contribution in [-0.4, -0.2) is 10.8 Å². The minimum atomic E-state index is -0.313. The number of halogens is 2. The van der Waals surface area contributed by atoms with E-state index in [-0.39, 0.29) is 11.6 Å². The Labute approximate surface area is 94.6 Å². The summed E-state index contributed by atoms with van der Waals surface area (Å²) in [5.41, 5.74) is 2.09. The summed E-state index contributed by atoms with van der Waals surface area (Å²) >= 11 is 3.26. The molecule has 0 spiro atoms. The third-order valence-corrected chi connectivity index (χ3v) is 3.06. The topological polar surface area (TPSA) is 32.9 Å². The lowest BCUT2D eigenvalue weighted by Crippen LogP contribution is -1.93. The van der Waals surface area contributed by atoms with E-state index in [1.54, 1.807) is 6.92 Å². The van der Waals surface area contributed by atoms with Gasteiger partial charge in [0.25, 0.3) is 0 Å². The second kappa shape index (κ2) is 3.45. The molecule has 78 valence electrons. The van der Waals surface area contributed by atoms with E-state index in [0.717, 1.165) is 16.5 Å². The number of fused-ring (bicyclic) bond motifs is 1. The van der Waals surface area contributed by atoms with Crippen molar-refractivity contribution in [3.05, 3.63) is 33.7 Å². The zero-order valence-electron chi connectivity index (χ0n) is 8.32. The smallest absolute Gasteiger partial charge is 0.176 e. The van der Waals surface area contributed by atoms with E-state index in [1.807, 2.05) is 0 Å². The van der Waals surface area contributed by atoms with E-state index >= 15 is 0 Å². The van der Waals surface area contributed by atoms with Crippen molar-refractivity contribution in [1.29, 1.82) is 0 Å². The summed E-state index contributed by atoms with van der Waals surface area (Å²) in [7, 11) is 0. The molecule has 0 atom stereocenters. The van der Waals surface area contributed by atoms with Gasteiger partial charge in [-0.3, -0.25) is 4.79 Å². The molecule has 15 heavy (non-hydrogen) atoms. The van der Waals surface area contributed by atoms with E-state index in [9.17, 15) is 9.18 Å². The molecule has 1 N–H and O–H groups in total. The molecule has 0 radical (unpaired) electrons. The number of ketones is 1. The lowest BCUT2D eigenvalue weighted by molar-refractivity contribution is 0.101. The predicted octanol–water partition coefficient (Wildman–Crippen LogP) is 3.58. The lowest BCUT2D eigenvalue weighted by Gasteiger charge is -1.95. The Bertz CT molecular complexity index is 559. The summed E-state index contributed by atoms with van der Waals surface area (Å²) in [4.78, 5) is 14.3. The number of nitrogens with one attached hydrogen (secondary N) is 1. The molecule has 1 aromatic heterocycles. The zero-order chi connectivity index (χ0) is 11.2. The largest absolute Gasteiger partial charge is 0.351 e. The van der Waals surface area contributed by atoms with Gasteiger partial charge in [0.1, 0.15) is 5.82 Å². The second-order valence-corrected chi connectivity index (χ2v) is 4.35. The highest BCUT2D eigenvalue weighted by atomic mass is 79.9. The number of aromatic amines is 1. The van der Waals surface area contributed by atoms with Crippen LogP contribution in [0, 0.1) is 12.7 Å². The first-order valence-corrected chi connectivity index (χ1v) is 5.28. The van der Waals surface area contributed by atoms with Gasteiger partial charge >= 0.3 is 0 Å². The Morgan fingerprint density at radius 2 is 2.13 bits per heavy atom. The zero-order valence-corrected chi connectivity index (χ0v) is 9.90. The van der Waals surface area contributed by atoms with Crippen molar-refractivity contribution in [2.75, 3.05) is 0 Å². The number of carbonyl (C=O) groups is 1. The SMILES string of the molecule is CC(=O)c1[nH]c2c(Br)cc(F)cc2c1C. The van der Waals surface area contributed by atoms with E-state index < -0.39 is 0 Å².